The fraction of sp³-hybridized carbons (Fsp3) is 0.500. The Morgan fingerprint density at radius 1 is 1.80 bits per heavy atom. The Hall–Kier alpha value is -1.19. The first-order valence-electron chi connectivity index (χ1n) is 3.26. The van der Waals surface area contributed by atoms with Gasteiger partial charge in [-0.2, -0.15) is 5.10 Å². The number of nitrogens with zero attached hydrogens (tertiary/aromatic N) is 2. The van der Waals surface area contributed by atoms with E-state index >= 15 is 0 Å². The normalized spacial score (nSPS) is 15.3. The highest BCUT2D eigenvalue weighted by Gasteiger charge is 2.11. The Morgan fingerprint density at radius 3 is 3.50 bits per heavy atom. The Morgan fingerprint density at radius 2 is 2.70 bits per heavy atom. The van der Waals surface area contributed by atoms with Crippen molar-refractivity contribution >= 4 is 5.82 Å². The van der Waals surface area contributed by atoms with Gasteiger partial charge in [0.15, 0.2) is 11.6 Å². The van der Waals surface area contributed by atoms with Gasteiger partial charge >= 0.3 is 0 Å². The molecule has 0 aromatic carbocycles. The second-order valence-electron chi connectivity index (χ2n) is 2.29. The summed E-state index contributed by atoms with van der Waals surface area (Å²) in [6.45, 7) is 1.59. The topological polar surface area (TPSA) is 39.1 Å². The fourth-order valence-corrected chi connectivity index (χ4v) is 1.03. The molecule has 1 aromatic rings. The van der Waals surface area contributed by atoms with E-state index in [-0.39, 0.29) is 0 Å². The van der Waals surface area contributed by atoms with Crippen LogP contribution in [0.3, 0.4) is 0 Å². The number of hydrogen-bond donors (Lipinski definition) is 1. The molecule has 1 aromatic heterocycles. The highest BCUT2D eigenvalue weighted by atomic mass is 16.5. The molecule has 0 saturated heterocycles. The van der Waals surface area contributed by atoms with E-state index in [0.29, 0.717) is 0 Å². The van der Waals surface area contributed by atoms with Crippen LogP contribution < -0.4 is 10.1 Å². The van der Waals surface area contributed by atoms with E-state index in [1.165, 1.54) is 0 Å². The van der Waals surface area contributed by atoms with E-state index in [1.807, 2.05) is 13.2 Å². The lowest BCUT2D eigenvalue weighted by Gasteiger charge is -2.12. The Balaban J connectivity index is 2.41. The van der Waals surface area contributed by atoms with E-state index in [1.54, 1.807) is 4.68 Å². The van der Waals surface area contributed by atoms with Crippen molar-refractivity contribution in [1.29, 1.82) is 0 Å². The highest BCUT2D eigenvalue weighted by Crippen LogP contribution is 2.23. The zero-order valence-corrected chi connectivity index (χ0v) is 5.79. The second-order valence-corrected chi connectivity index (χ2v) is 2.29. The molecule has 0 radical (unpaired) electrons. The first-order valence-corrected chi connectivity index (χ1v) is 3.26. The van der Waals surface area contributed by atoms with Crippen molar-refractivity contribution < 1.29 is 4.74 Å². The molecule has 54 valence electrons. The largest absolute Gasteiger partial charge is 0.486 e. The number of anilines is 1. The third kappa shape index (κ3) is 0.725. The number of aryl methyl sites for hydroxylation is 1. The molecule has 0 amide bonds. The lowest BCUT2D eigenvalue weighted by atomic mass is 10.5. The molecule has 1 N–H and O–H groups in total. The second kappa shape index (κ2) is 1.90. The lowest BCUT2D eigenvalue weighted by molar-refractivity contribution is 0.323. The molecule has 0 aliphatic carbocycles. The van der Waals surface area contributed by atoms with Crippen LogP contribution in [0.15, 0.2) is 6.20 Å². The van der Waals surface area contributed by atoms with Crippen molar-refractivity contribution in [2.45, 2.75) is 0 Å². The van der Waals surface area contributed by atoms with Gasteiger partial charge in [-0.15, -0.1) is 0 Å². The number of nitrogens with one attached hydrogen (secondary N) is 1. The monoisotopic (exact) mass is 139 g/mol. The SMILES string of the molecule is Cn1cc2c(n1)NCCO2. The average molecular weight is 139 g/mol. The van der Waals surface area contributed by atoms with Crippen LogP contribution in [0.4, 0.5) is 5.82 Å². The highest BCUT2D eigenvalue weighted by molar-refractivity contribution is 5.49. The number of aromatic nitrogens is 2. The van der Waals surface area contributed by atoms with Gasteiger partial charge in [-0.05, 0) is 0 Å². The van der Waals surface area contributed by atoms with Crippen molar-refractivity contribution in [1.82, 2.24) is 9.78 Å². The van der Waals surface area contributed by atoms with E-state index < -0.39 is 0 Å². The van der Waals surface area contributed by atoms with Crippen LogP contribution in [0.5, 0.6) is 5.75 Å². The fourth-order valence-electron chi connectivity index (χ4n) is 1.03. The molecule has 0 spiro atoms. The van der Waals surface area contributed by atoms with Gasteiger partial charge in [0.1, 0.15) is 6.61 Å². The van der Waals surface area contributed by atoms with Gasteiger partial charge in [-0.1, -0.05) is 0 Å². The smallest absolute Gasteiger partial charge is 0.190 e. The molecular weight excluding hydrogens is 130 g/mol. The van der Waals surface area contributed by atoms with Crippen LogP contribution in [-0.2, 0) is 7.05 Å². The molecule has 0 atom stereocenters. The van der Waals surface area contributed by atoms with E-state index in [9.17, 15) is 0 Å². The first-order chi connectivity index (χ1) is 4.86. The van der Waals surface area contributed by atoms with Gasteiger partial charge in [0.2, 0.25) is 0 Å². The quantitative estimate of drug-likeness (QED) is 0.559. The Labute approximate surface area is 58.8 Å². The number of ether oxygens (including phenoxy) is 1. The first kappa shape index (κ1) is 5.58. The van der Waals surface area contributed by atoms with E-state index in [0.717, 1.165) is 24.7 Å². The summed E-state index contributed by atoms with van der Waals surface area (Å²) in [5.41, 5.74) is 0. The standard InChI is InChI=1S/C6H9N3O/c1-9-4-5-6(8-9)7-2-3-10-5/h4H,2-3H2,1H3,(H,7,8). The molecular formula is C6H9N3O. The number of rotatable bonds is 0. The predicted octanol–water partition coefficient (Wildman–Crippen LogP) is 0.224. The molecule has 0 saturated carbocycles. The molecule has 0 fully saturated rings. The van der Waals surface area contributed by atoms with Gasteiger partial charge in [-0.3, -0.25) is 4.68 Å². The van der Waals surface area contributed by atoms with Crippen LogP contribution in [0.25, 0.3) is 0 Å². The van der Waals surface area contributed by atoms with E-state index in [2.05, 4.69) is 10.4 Å². The zero-order chi connectivity index (χ0) is 6.97. The summed E-state index contributed by atoms with van der Waals surface area (Å²) in [5.74, 6) is 1.71. The van der Waals surface area contributed by atoms with Gasteiger partial charge in [0.05, 0.1) is 12.7 Å². The van der Waals surface area contributed by atoms with E-state index in [4.69, 9.17) is 4.74 Å². The van der Waals surface area contributed by atoms with Crippen LogP contribution >= 0.6 is 0 Å². The lowest BCUT2D eigenvalue weighted by Crippen LogP contribution is -2.17. The molecule has 2 heterocycles. The maximum absolute atomic E-state index is 5.30. The van der Waals surface area contributed by atoms with Gasteiger partial charge in [-0.25, -0.2) is 0 Å². The third-order valence-electron chi connectivity index (χ3n) is 1.45. The summed E-state index contributed by atoms with van der Waals surface area (Å²) in [5, 5.41) is 7.26. The summed E-state index contributed by atoms with van der Waals surface area (Å²) in [6, 6.07) is 0. The maximum atomic E-state index is 5.30. The van der Waals surface area contributed by atoms with Gasteiger partial charge in [0.25, 0.3) is 0 Å². The van der Waals surface area contributed by atoms with Crippen LogP contribution in [0.1, 0.15) is 0 Å². The molecule has 0 unspecified atom stereocenters. The number of fused-ring (bicyclic) bond motifs is 1. The van der Waals surface area contributed by atoms with Crippen LogP contribution in [-0.4, -0.2) is 22.9 Å². The zero-order valence-electron chi connectivity index (χ0n) is 5.79. The van der Waals surface area contributed by atoms with Crippen LogP contribution in [0, 0.1) is 0 Å². The minimum Gasteiger partial charge on any atom is -0.486 e. The average Bonchev–Trinajstić information content (AvgIpc) is 2.27. The minimum atomic E-state index is 0.735. The van der Waals surface area contributed by atoms with Gasteiger partial charge < -0.3 is 10.1 Å². The minimum absolute atomic E-state index is 0.735. The van der Waals surface area contributed by atoms with Crippen molar-refractivity contribution in [3.63, 3.8) is 0 Å². The molecule has 2 rings (SSSR count). The summed E-state index contributed by atoms with van der Waals surface area (Å²) in [4.78, 5) is 0. The van der Waals surface area contributed by atoms with Crippen molar-refractivity contribution in [3.8, 4) is 5.75 Å². The number of hydrogen-bond acceptors (Lipinski definition) is 3. The molecule has 0 bridgehead atoms. The summed E-state index contributed by atoms with van der Waals surface area (Å²) >= 11 is 0. The summed E-state index contributed by atoms with van der Waals surface area (Å²) in [6.07, 6.45) is 1.86. The molecule has 10 heavy (non-hydrogen) atoms. The molecule has 1 aliphatic rings. The maximum Gasteiger partial charge on any atom is 0.190 e. The van der Waals surface area contributed by atoms with Crippen molar-refractivity contribution in [2.24, 2.45) is 7.05 Å². The predicted molar refractivity (Wildman–Crippen MR) is 37.2 cm³/mol. The molecule has 4 nitrogen and oxygen atoms in total. The Kier molecular flexibility index (Phi) is 1.06. The molecule has 1 aliphatic heterocycles. The van der Waals surface area contributed by atoms with Gasteiger partial charge in [0, 0.05) is 7.05 Å². The van der Waals surface area contributed by atoms with Crippen molar-refractivity contribution in [2.75, 3.05) is 18.5 Å². The molecule has 4 heteroatoms. The third-order valence-corrected chi connectivity index (χ3v) is 1.45. The van der Waals surface area contributed by atoms with Crippen molar-refractivity contribution in [3.05, 3.63) is 6.20 Å². The summed E-state index contributed by atoms with van der Waals surface area (Å²) < 4.78 is 7.04. The summed E-state index contributed by atoms with van der Waals surface area (Å²) in [7, 11) is 1.88. The Bertz CT molecular complexity index is 220. The van der Waals surface area contributed by atoms with Crippen LogP contribution in [0.2, 0.25) is 0 Å².